The van der Waals surface area contributed by atoms with Crippen LogP contribution in [0.4, 0.5) is 5.69 Å². The Balaban J connectivity index is 1.87. The Labute approximate surface area is 160 Å². The number of ether oxygens (including phenoxy) is 1. The summed E-state index contributed by atoms with van der Waals surface area (Å²) in [6.45, 7) is 2.46. The van der Waals surface area contributed by atoms with Crippen LogP contribution in [0.2, 0.25) is 5.02 Å². The van der Waals surface area contributed by atoms with Gasteiger partial charge in [0.05, 0.1) is 12.8 Å². The van der Waals surface area contributed by atoms with Gasteiger partial charge in [-0.3, -0.25) is 4.79 Å². The lowest BCUT2D eigenvalue weighted by atomic mass is 10.2. The van der Waals surface area contributed by atoms with E-state index in [1.54, 1.807) is 24.3 Å². The standard InChI is InChI=1S/C18H18BrClN2O3/c1-2-9-24-17-8-3-14(19)10-13(17)11-21-25-12-18(23)22-16-6-4-15(20)5-7-16/h3-8,10-11H,2,9,12H2,1H3,(H,22,23)/b21-11+. The summed E-state index contributed by atoms with van der Waals surface area (Å²) >= 11 is 9.20. The van der Waals surface area contributed by atoms with Crippen molar-refractivity contribution >= 4 is 45.3 Å². The largest absolute Gasteiger partial charge is 0.493 e. The van der Waals surface area contributed by atoms with E-state index in [0.717, 1.165) is 16.5 Å². The molecule has 0 fully saturated rings. The molecule has 2 rings (SSSR count). The van der Waals surface area contributed by atoms with Crippen LogP contribution in [-0.4, -0.2) is 25.3 Å². The maximum absolute atomic E-state index is 11.8. The van der Waals surface area contributed by atoms with Crippen LogP contribution in [0.3, 0.4) is 0 Å². The predicted molar refractivity (Wildman–Crippen MR) is 104 cm³/mol. The second-order valence-corrected chi connectivity index (χ2v) is 6.45. The van der Waals surface area contributed by atoms with Gasteiger partial charge in [0.25, 0.3) is 5.91 Å². The molecule has 0 radical (unpaired) electrons. The van der Waals surface area contributed by atoms with Crippen LogP contribution in [0.25, 0.3) is 0 Å². The van der Waals surface area contributed by atoms with E-state index in [4.69, 9.17) is 21.2 Å². The first-order chi connectivity index (χ1) is 12.1. The van der Waals surface area contributed by atoms with E-state index in [2.05, 4.69) is 26.4 Å². The number of hydrogen-bond donors (Lipinski definition) is 1. The molecule has 0 aliphatic heterocycles. The number of oxime groups is 1. The minimum Gasteiger partial charge on any atom is -0.493 e. The van der Waals surface area contributed by atoms with E-state index in [9.17, 15) is 4.79 Å². The van der Waals surface area contributed by atoms with Gasteiger partial charge in [0.1, 0.15) is 5.75 Å². The lowest BCUT2D eigenvalue weighted by Gasteiger charge is -2.08. The van der Waals surface area contributed by atoms with Gasteiger partial charge >= 0.3 is 0 Å². The SMILES string of the molecule is CCCOc1ccc(Br)cc1/C=N/OCC(=O)Nc1ccc(Cl)cc1. The molecule has 0 aliphatic carbocycles. The highest BCUT2D eigenvalue weighted by Crippen LogP contribution is 2.22. The fourth-order valence-corrected chi connectivity index (χ4v) is 2.39. The Morgan fingerprint density at radius 2 is 2.04 bits per heavy atom. The van der Waals surface area contributed by atoms with Crippen LogP contribution >= 0.6 is 27.5 Å². The third-order valence-electron chi connectivity index (χ3n) is 3.02. The van der Waals surface area contributed by atoms with Crippen LogP contribution in [0.1, 0.15) is 18.9 Å². The molecule has 0 spiro atoms. The first kappa shape index (κ1) is 19.3. The molecular formula is C18H18BrClN2O3. The topological polar surface area (TPSA) is 59.9 Å². The Morgan fingerprint density at radius 1 is 1.28 bits per heavy atom. The molecule has 0 aromatic heterocycles. The molecule has 2 aromatic carbocycles. The summed E-state index contributed by atoms with van der Waals surface area (Å²) in [7, 11) is 0. The number of halogens is 2. The van der Waals surface area contributed by atoms with Crippen LogP contribution in [0.15, 0.2) is 52.1 Å². The number of carbonyl (C=O) groups is 1. The van der Waals surface area contributed by atoms with E-state index in [-0.39, 0.29) is 12.5 Å². The molecule has 0 heterocycles. The molecule has 2 aromatic rings. The quantitative estimate of drug-likeness (QED) is 0.484. The fourth-order valence-electron chi connectivity index (χ4n) is 1.88. The molecule has 5 nitrogen and oxygen atoms in total. The van der Waals surface area contributed by atoms with Crippen molar-refractivity contribution in [2.45, 2.75) is 13.3 Å². The predicted octanol–water partition coefficient (Wildman–Crippen LogP) is 4.88. The lowest BCUT2D eigenvalue weighted by Crippen LogP contribution is -2.16. The monoisotopic (exact) mass is 424 g/mol. The Morgan fingerprint density at radius 3 is 2.76 bits per heavy atom. The van der Waals surface area contributed by atoms with E-state index in [1.807, 2.05) is 25.1 Å². The summed E-state index contributed by atoms with van der Waals surface area (Å²) in [5.74, 6) is 0.402. The second-order valence-electron chi connectivity index (χ2n) is 5.09. The van der Waals surface area contributed by atoms with Gasteiger partial charge in [-0.1, -0.05) is 39.6 Å². The zero-order chi connectivity index (χ0) is 18.1. The van der Waals surface area contributed by atoms with Crippen molar-refractivity contribution in [1.82, 2.24) is 0 Å². The number of nitrogens with one attached hydrogen (secondary N) is 1. The normalized spacial score (nSPS) is 10.7. The minimum absolute atomic E-state index is 0.196. The molecule has 1 N–H and O–H groups in total. The van der Waals surface area contributed by atoms with E-state index in [1.165, 1.54) is 6.21 Å². The highest BCUT2D eigenvalue weighted by molar-refractivity contribution is 9.10. The van der Waals surface area contributed by atoms with E-state index in [0.29, 0.717) is 23.1 Å². The molecule has 132 valence electrons. The minimum atomic E-state index is -0.309. The Hall–Kier alpha value is -2.05. The number of hydrogen-bond acceptors (Lipinski definition) is 4. The molecule has 0 bridgehead atoms. The third kappa shape index (κ3) is 6.76. The summed E-state index contributed by atoms with van der Waals surface area (Å²) in [4.78, 5) is 16.9. The Bertz CT molecular complexity index is 736. The van der Waals surface area contributed by atoms with Crippen molar-refractivity contribution in [3.8, 4) is 5.75 Å². The Kier molecular flexibility index (Phi) is 7.76. The zero-order valence-corrected chi connectivity index (χ0v) is 16.0. The molecule has 25 heavy (non-hydrogen) atoms. The van der Waals surface area contributed by atoms with Gasteiger partial charge in [-0.2, -0.15) is 0 Å². The molecule has 1 amide bonds. The van der Waals surface area contributed by atoms with Gasteiger partial charge in [-0.05, 0) is 48.9 Å². The molecule has 0 saturated carbocycles. The van der Waals surface area contributed by atoms with Crippen molar-refractivity contribution in [2.75, 3.05) is 18.5 Å². The maximum Gasteiger partial charge on any atom is 0.265 e. The van der Waals surface area contributed by atoms with Crippen molar-refractivity contribution in [1.29, 1.82) is 0 Å². The molecule has 7 heteroatoms. The highest BCUT2D eigenvalue weighted by atomic mass is 79.9. The zero-order valence-electron chi connectivity index (χ0n) is 13.7. The number of rotatable bonds is 8. The summed E-state index contributed by atoms with van der Waals surface area (Å²) in [5.41, 5.74) is 1.41. The van der Waals surface area contributed by atoms with Gasteiger partial charge < -0.3 is 14.9 Å². The third-order valence-corrected chi connectivity index (χ3v) is 3.77. The smallest absolute Gasteiger partial charge is 0.265 e. The van der Waals surface area contributed by atoms with Gasteiger partial charge in [0.2, 0.25) is 0 Å². The van der Waals surface area contributed by atoms with Crippen molar-refractivity contribution in [3.05, 3.63) is 57.5 Å². The van der Waals surface area contributed by atoms with Gasteiger partial charge in [0.15, 0.2) is 6.61 Å². The maximum atomic E-state index is 11.8. The van der Waals surface area contributed by atoms with Gasteiger partial charge in [0, 0.05) is 20.7 Å². The molecule has 0 aliphatic rings. The second kappa shape index (κ2) is 10.1. The first-order valence-electron chi connectivity index (χ1n) is 7.71. The average Bonchev–Trinajstić information content (AvgIpc) is 2.60. The molecule has 0 unspecified atom stereocenters. The van der Waals surface area contributed by atoms with Crippen LogP contribution < -0.4 is 10.1 Å². The summed E-state index contributed by atoms with van der Waals surface area (Å²) in [5, 5.41) is 7.13. The van der Waals surface area contributed by atoms with Crippen molar-refractivity contribution in [2.24, 2.45) is 5.16 Å². The van der Waals surface area contributed by atoms with Crippen LogP contribution in [0, 0.1) is 0 Å². The van der Waals surface area contributed by atoms with E-state index >= 15 is 0 Å². The summed E-state index contributed by atoms with van der Waals surface area (Å²) < 4.78 is 6.55. The average molecular weight is 426 g/mol. The number of amides is 1. The van der Waals surface area contributed by atoms with Crippen molar-refractivity contribution < 1.29 is 14.4 Å². The highest BCUT2D eigenvalue weighted by Gasteiger charge is 2.04. The lowest BCUT2D eigenvalue weighted by molar-refractivity contribution is -0.120. The number of nitrogens with zero attached hydrogens (tertiary/aromatic N) is 1. The first-order valence-corrected chi connectivity index (χ1v) is 8.88. The molecule has 0 atom stereocenters. The summed E-state index contributed by atoms with van der Waals surface area (Å²) in [6, 6.07) is 12.4. The molecular weight excluding hydrogens is 408 g/mol. The van der Waals surface area contributed by atoms with E-state index < -0.39 is 0 Å². The van der Waals surface area contributed by atoms with Crippen molar-refractivity contribution in [3.63, 3.8) is 0 Å². The van der Waals surface area contributed by atoms with Gasteiger partial charge in [-0.25, -0.2) is 0 Å². The molecule has 0 saturated heterocycles. The fraction of sp³-hybridized carbons (Fsp3) is 0.222. The van der Waals surface area contributed by atoms with Gasteiger partial charge in [-0.15, -0.1) is 0 Å². The van der Waals surface area contributed by atoms with Crippen LogP contribution in [-0.2, 0) is 9.63 Å². The number of anilines is 1. The van der Waals surface area contributed by atoms with Crippen LogP contribution in [0.5, 0.6) is 5.75 Å². The number of benzene rings is 2. The summed E-state index contributed by atoms with van der Waals surface area (Å²) in [6.07, 6.45) is 2.43. The number of carbonyl (C=O) groups excluding carboxylic acids is 1.